The number of aryl methyl sites for hydroxylation is 3. The number of nitrogens with zero attached hydrogens (tertiary/aromatic N) is 2. The lowest BCUT2D eigenvalue weighted by atomic mass is 9.90. The molecule has 0 unspecified atom stereocenters. The zero-order chi connectivity index (χ0) is 17.8. The van der Waals surface area contributed by atoms with Crippen LogP contribution in [0.3, 0.4) is 0 Å². The molecule has 134 valence electrons. The van der Waals surface area contributed by atoms with Crippen molar-refractivity contribution in [2.45, 2.75) is 39.5 Å². The van der Waals surface area contributed by atoms with Gasteiger partial charge in [0.15, 0.2) is 0 Å². The van der Waals surface area contributed by atoms with Crippen LogP contribution in [0.25, 0.3) is 0 Å². The van der Waals surface area contributed by atoms with Crippen LogP contribution in [-0.2, 0) is 6.42 Å². The maximum Gasteiger partial charge on any atom is 0.259 e. The largest absolute Gasteiger partial charge is 0.497 e. The van der Waals surface area contributed by atoms with E-state index in [1.54, 1.807) is 14.0 Å². The summed E-state index contributed by atoms with van der Waals surface area (Å²) in [5, 5.41) is 3.89. The van der Waals surface area contributed by atoms with E-state index in [0.717, 1.165) is 38.1 Å². The first-order chi connectivity index (χ1) is 12.1. The molecule has 0 spiro atoms. The highest BCUT2D eigenvalue weighted by atomic mass is 16.5. The molecule has 5 heteroatoms. The fourth-order valence-electron chi connectivity index (χ4n) is 3.53. The van der Waals surface area contributed by atoms with Crippen molar-refractivity contribution in [3.05, 3.63) is 46.8 Å². The Bertz CT molecular complexity index is 694. The average Bonchev–Trinajstić information content (AvgIpc) is 2.98. The number of likely N-dealkylation sites (tertiary alicyclic amines) is 1. The van der Waals surface area contributed by atoms with Gasteiger partial charge in [-0.1, -0.05) is 17.3 Å². The van der Waals surface area contributed by atoms with Crippen LogP contribution in [0, 0.1) is 19.8 Å². The quantitative estimate of drug-likeness (QED) is 0.830. The number of carbonyl (C=O) groups excluding carboxylic acids is 1. The van der Waals surface area contributed by atoms with Crippen LogP contribution in [-0.4, -0.2) is 36.2 Å². The second kappa shape index (κ2) is 7.72. The monoisotopic (exact) mass is 342 g/mol. The molecule has 1 aromatic carbocycles. The zero-order valence-corrected chi connectivity index (χ0v) is 15.2. The first kappa shape index (κ1) is 17.5. The van der Waals surface area contributed by atoms with Gasteiger partial charge in [0, 0.05) is 13.1 Å². The first-order valence-electron chi connectivity index (χ1n) is 8.93. The van der Waals surface area contributed by atoms with E-state index in [0.29, 0.717) is 22.9 Å². The van der Waals surface area contributed by atoms with Crippen LogP contribution < -0.4 is 4.74 Å². The van der Waals surface area contributed by atoms with Crippen molar-refractivity contribution in [2.24, 2.45) is 5.92 Å². The van der Waals surface area contributed by atoms with Gasteiger partial charge in [-0.3, -0.25) is 4.79 Å². The van der Waals surface area contributed by atoms with E-state index in [1.165, 1.54) is 12.0 Å². The molecule has 2 heterocycles. The number of methoxy groups -OCH3 is 1. The number of carbonyl (C=O) groups is 1. The third kappa shape index (κ3) is 4.03. The Labute approximate surface area is 148 Å². The fourth-order valence-corrected chi connectivity index (χ4v) is 3.53. The van der Waals surface area contributed by atoms with Gasteiger partial charge in [-0.2, -0.15) is 0 Å². The minimum Gasteiger partial charge on any atom is -0.497 e. The summed E-state index contributed by atoms with van der Waals surface area (Å²) in [5.41, 5.74) is 2.66. The summed E-state index contributed by atoms with van der Waals surface area (Å²) in [6.45, 7) is 5.26. The summed E-state index contributed by atoms with van der Waals surface area (Å²) in [4.78, 5) is 14.6. The van der Waals surface area contributed by atoms with Crippen molar-refractivity contribution in [1.29, 1.82) is 0 Å². The van der Waals surface area contributed by atoms with Gasteiger partial charge in [0.1, 0.15) is 17.1 Å². The van der Waals surface area contributed by atoms with E-state index in [2.05, 4.69) is 17.3 Å². The highest BCUT2D eigenvalue weighted by Crippen LogP contribution is 2.25. The third-order valence-electron chi connectivity index (χ3n) is 5.15. The lowest BCUT2D eigenvalue weighted by Crippen LogP contribution is -2.39. The molecule has 1 aliphatic heterocycles. The molecule has 2 aromatic rings. The summed E-state index contributed by atoms with van der Waals surface area (Å²) in [7, 11) is 1.69. The lowest BCUT2D eigenvalue weighted by molar-refractivity contribution is 0.0684. The molecule has 0 aliphatic carbocycles. The molecule has 0 radical (unpaired) electrons. The van der Waals surface area contributed by atoms with Crippen molar-refractivity contribution in [3.63, 3.8) is 0 Å². The van der Waals surface area contributed by atoms with Crippen LogP contribution in [0.4, 0.5) is 0 Å². The normalized spacial score (nSPS) is 15.4. The van der Waals surface area contributed by atoms with E-state index in [9.17, 15) is 4.79 Å². The highest BCUT2D eigenvalue weighted by molar-refractivity contribution is 5.96. The van der Waals surface area contributed by atoms with Crippen LogP contribution in [0.5, 0.6) is 5.75 Å². The Kier molecular flexibility index (Phi) is 5.41. The smallest absolute Gasteiger partial charge is 0.259 e. The third-order valence-corrected chi connectivity index (χ3v) is 5.15. The minimum atomic E-state index is 0.0601. The van der Waals surface area contributed by atoms with Crippen molar-refractivity contribution in [2.75, 3.05) is 20.2 Å². The van der Waals surface area contributed by atoms with Crippen molar-refractivity contribution >= 4 is 5.91 Å². The Morgan fingerprint density at radius 2 is 1.92 bits per heavy atom. The number of hydrogen-bond acceptors (Lipinski definition) is 4. The summed E-state index contributed by atoms with van der Waals surface area (Å²) >= 11 is 0. The van der Waals surface area contributed by atoms with Gasteiger partial charge in [0.05, 0.1) is 12.8 Å². The lowest BCUT2D eigenvalue weighted by Gasteiger charge is -2.32. The molecule has 0 saturated carbocycles. The number of ether oxygens (including phenoxy) is 1. The molecule has 1 fully saturated rings. The van der Waals surface area contributed by atoms with Gasteiger partial charge >= 0.3 is 0 Å². The minimum absolute atomic E-state index is 0.0601. The standard InChI is InChI=1S/C20H26N2O3/c1-14-19(15(2)25-21-14)20(23)22-12-10-17(11-13-22)5-4-16-6-8-18(24-3)9-7-16/h6-9,17H,4-5,10-13H2,1-3H3. The van der Waals surface area contributed by atoms with Crippen LogP contribution in [0.2, 0.25) is 0 Å². The van der Waals surface area contributed by atoms with Crippen molar-refractivity contribution < 1.29 is 14.1 Å². The number of amides is 1. The Morgan fingerprint density at radius 3 is 2.48 bits per heavy atom. The molecule has 0 bridgehead atoms. The van der Waals surface area contributed by atoms with Gasteiger partial charge in [0.2, 0.25) is 0 Å². The van der Waals surface area contributed by atoms with Gasteiger partial charge in [-0.15, -0.1) is 0 Å². The van der Waals surface area contributed by atoms with Crippen molar-refractivity contribution in [3.8, 4) is 5.75 Å². The van der Waals surface area contributed by atoms with E-state index in [1.807, 2.05) is 24.0 Å². The Balaban J connectivity index is 1.49. The van der Waals surface area contributed by atoms with Gasteiger partial charge < -0.3 is 14.2 Å². The van der Waals surface area contributed by atoms with E-state index in [4.69, 9.17) is 9.26 Å². The molecule has 1 aliphatic rings. The molecule has 1 amide bonds. The highest BCUT2D eigenvalue weighted by Gasteiger charge is 2.27. The average molecular weight is 342 g/mol. The van der Waals surface area contributed by atoms with E-state index < -0.39 is 0 Å². The second-order valence-electron chi connectivity index (χ2n) is 6.82. The first-order valence-corrected chi connectivity index (χ1v) is 8.93. The van der Waals surface area contributed by atoms with Crippen LogP contribution in [0.1, 0.15) is 46.6 Å². The molecule has 5 nitrogen and oxygen atoms in total. The summed E-state index contributed by atoms with van der Waals surface area (Å²) in [6.07, 6.45) is 4.36. The van der Waals surface area contributed by atoms with Gasteiger partial charge in [-0.05, 0) is 63.1 Å². The second-order valence-corrected chi connectivity index (χ2v) is 6.82. The molecule has 0 atom stereocenters. The predicted octanol–water partition coefficient (Wildman–Crippen LogP) is 3.79. The number of piperidine rings is 1. The Hall–Kier alpha value is -2.30. The van der Waals surface area contributed by atoms with Crippen molar-refractivity contribution in [1.82, 2.24) is 10.1 Å². The summed E-state index contributed by atoms with van der Waals surface area (Å²) in [5.74, 6) is 2.25. The zero-order valence-electron chi connectivity index (χ0n) is 15.2. The van der Waals surface area contributed by atoms with Gasteiger partial charge in [-0.25, -0.2) is 0 Å². The predicted molar refractivity (Wildman–Crippen MR) is 95.9 cm³/mol. The number of benzene rings is 1. The SMILES string of the molecule is COc1ccc(CCC2CCN(C(=O)c3c(C)noc3C)CC2)cc1. The van der Waals surface area contributed by atoms with Crippen LogP contribution in [0.15, 0.2) is 28.8 Å². The number of hydrogen-bond donors (Lipinski definition) is 0. The molecule has 3 rings (SSSR count). The topological polar surface area (TPSA) is 55.6 Å². The molecule has 1 saturated heterocycles. The van der Waals surface area contributed by atoms with E-state index >= 15 is 0 Å². The number of aromatic nitrogens is 1. The summed E-state index contributed by atoms with van der Waals surface area (Å²) in [6, 6.07) is 8.30. The Morgan fingerprint density at radius 1 is 1.24 bits per heavy atom. The molecule has 0 N–H and O–H groups in total. The maximum absolute atomic E-state index is 12.7. The van der Waals surface area contributed by atoms with E-state index in [-0.39, 0.29) is 5.91 Å². The summed E-state index contributed by atoms with van der Waals surface area (Å²) < 4.78 is 10.3. The molecule has 25 heavy (non-hydrogen) atoms. The number of rotatable bonds is 5. The molecule has 1 aromatic heterocycles. The molecular weight excluding hydrogens is 316 g/mol. The van der Waals surface area contributed by atoms with Crippen LogP contribution >= 0.6 is 0 Å². The maximum atomic E-state index is 12.7. The fraction of sp³-hybridized carbons (Fsp3) is 0.500. The van der Waals surface area contributed by atoms with Gasteiger partial charge in [0.25, 0.3) is 5.91 Å². The molecular formula is C20H26N2O3.